The van der Waals surface area contributed by atoms with E-state index in [0.717, 1.165) is 12.8 Å². The maximum atomic E-state index is 12.6. The van der Waals surface area contributed by atoms with Crippen molar-refractivity contribution in [3.05, 3.63) is 29.8 Å². The first-order chi connectivity index (χ1) is 13.9. The number of amides is 5. The summed E-state index contributed by atoms with van der Waals surface area (Å²) in [5.74, 6) is -0.409. The molecule has 9 nitrogen and oxygen atoms in total. The number of carbonyl (C=O) groups excluding carboxylic acids is 4. The fraction of sp³-hybridized carbons (Fsp3) is 0.500. The summed E-state index contributed by atoms with van der Waals surface area (Å²) in [5.41, 5.74) is 0.276. The highest BCUT2D eigenvalue weighted by Crippen LogP contribution is 2.34. The quantitative estimate of drug-likeness (QED) is 0.478. The average molecular weight is 402 g/mol. The molecule has 1 aromatic carbocycles. The van der Waals surface area contributed by atoms with Crippen LogP contribution in [0.4, 0.5) is 15.3 Å². The van der Waals surface area contributed by atoms with Gasteiger partial charge in [0.05, 0.1) is 6.61 Å². The lowest BCUT2D eigenvalue weighted by atomic mass is 9.98. The van der Waals surface area contributed by atoms with Gasteiger partial charge in [0.2, 0.25) is 0 Å². The Morgan fingerprint density at radius 3 is 2.52 bits per heavy atom. The zero-order valence-corrected chi connectivity index (χ0v) is 16.5. The van der Waals surface area contributed by atoms with Gasteiger partial charge >= 0.3 is 12.1 Å². The van der Waals surface area contributed by atoms with Crippen LogP contribution in [0.3, 0.4) is 0 Å². The largest absolute Gasteiger partial charge is 0.450 e. The molecule has 1 aliphatic heterocycles. The number of hydrogen-bond acceptors (Lipinski definition) is 5. The molecule has 1 spiro atoms. The first-order valence-corrected chi connectivity index (χ1v) is 9.91. The molecule has 1 saturated carbocycles. The molecule has 0 aromatic heterocycles. The van der Waals surface area contributed by atoms with E-state index in [1.165, 1.54) is 4.90 Å². The van der Waals surface area contributed by atoms with Crippen molar-refractivity contribution < 1.29 is 23.9 Å². The highest BCUT2D eigenvalue weighted by atomic mass is 16.5. The van der Waals surface area contributed by atoms with Gasteiger partial charge in [-0.2, -0.15) is 0 Å². The lowest BCUT2D eigenvalue weighted by Crippen LogP contribution is -2.44. The summed E-state index contributed by atoms with van der Waals surface area (Å²) >= 11 is 0. The van der Waals surface area contributed by atoms with Crippen LogP contribution >= 0.6 is 0 Å². The zero-order chi connectivity index (χ0) is 20.9. The van der Waals surface area contributed by atoms with Gasteiger partial charge in [0.25, 0.3) is 11.8 Å². The topological polar surface area (TPSA) is 117 Å². The van der Waals surface area contributed by atoms with Crippen LogP contribution in [0, 0.1) is 0 Å². The highest BCUT2D eigenvalue weighted by molar-refractivity contribution is 6.07. The molecule has 2 fully saturated rings. The van der Waals surface area contributed by atoms with Crippen molar-refractivity contribution in [2.75, 3.05) is 25.0 Å². The number of hydrogen-bond donors (Lipinski definition) is 3. The first kappa shape index (κ1) is 20.6. The molecule has 0 unspecified atom stereocenters. The molecule has 3 rings (SSSR count). The molecule has 0 bridgehead atoms. The monoisotopic (exact) mass is 402 g/mol. The first-order valence-electron chi connectivity index (χ1n) is 9.91. The zero-order valence-electron chi connectivity index (χ0n) is 16.5. The van der Waals surface area contributed by atoms with Crippen LogP contribution in [0.1, 0.15) is 49.4 Å². The van der Waals surface area contributed by atoms with E-state index in [2.05, 4.69) is 16.0 Å². The second-order valence-electron chi connectivity index (χ2n) is 7.21. The normalized spacial score (nSPS) is 17.3. The molecule has 5 amide bonds. The Morgan fingerprint density at radius 1 is 1.17 bits per heavy atom. The lowest BCUT2D eigenvalue weighted by molar-refractivity contribution is -0.131. The molecule has 1 aliphatic carbocycles. The maximum Gasteiger partial charge on any atom is 0.411 e. The summed E-state index contributed by atoms with van der Waals surface area (Å²) in [6, 6.07) is 6.07. The van der Waals surface area contributed by atoms with Crippen molar-refractivity contribution in [2.45, 2.75) is 44.6 Å². The number of rotatable bonds is 7. The van der Waals surface area contributed by atoms with Crippen LogP contribution < -0.4 is 16.0 Å². The Bertz CT molecular complexity index is 787. The van der Waals surface area contributed by atoms with Gasteiger partial charge in [-0.05, 0) is 50.5 Å². The summed E-state index contributed by atoms with van der Waals surface area (Å²) in [7, 11) is 0. The summed E-state index contributed by atoms with van der Waals surface area (Å²) in [6.45, 7) is 2.60. The molecule has 9 heteroatoms. The average Bonchev–Trinajstić information content (AvgIpc) is 3.25. The molecule has 0 atom stereocenters. The van der Waals surface area contributed by atoms with Crippen molar-refractivity contribution in [1.82, 2.24) is 15.5 Å². The van der Waals surface area contributed by atoms with Gasteiger partial charge in [-0.25, -0.2) is 9.59 Å². The number of ether oxygens (including phenoxy) is 1. The Kier molecular flexibility index (Phi) is 6.36. The van der Waals surface area contributed by atoms with Crippen LogP contribution in [0.15, 0.2) is 24.3 Å². The van der Waals surface area contributed by atoms with E-state index in [9.17, 15) is 19.2 Å². The molecular formula is C20H26N4O5. The molecule has 1 aromatic rings. The van der Waals surface area contributed by atoms with E-state index in [-0.39, 0.29) is 31.0 Å². The van der Waals surface area contributed by atoms with Crippen molar-refractivity contribution in [1.29, 1.82) is 0 Å². The molecule has 3 N–H and O–H groups in total. The third-order valence-corrected chi connectivity index (χ3v) is 5.22. The molecule has 0 radical (unpaired) electrons. The van der Waals surface area contributed by atoms with Gasteiger partial charge in [0.1, 0.15) is 5.54 Å². The van der Waals surface area contributed by atoms with Crippen molar-refractivity contribution in [2.24, 2.45) is 0 Å². The number of imide groups is 1. The maximum absolute atomic E-state index is 12.6. The molecular weight excluding hydrogens is 376 g/mol. The predicted octanol–water partition coefficient (Wildman–Crippen LogP) is 2.24. The van der Waals surface area contributed by atoms with E-state index in [1.807, 2.05) is 0 Å². The van der Waals surface area contributed by atoms with Crippen molar-refractivity contribution >= 4 is 29.6 Å². The van der Waals surface area contributed by atoms with Crippen LogP contribution in [-0.4, -0.2) is 54.1 Å². The minimum absolute atomic E-state index is 0.143. The number of nitrogens with one attached hydrogen (secondary N) is 3. The SMILES string of the molecule is CCOC(=O)Nc1ccc(C(=O)NCCCN2C(=O)NC3(CCCC3)C2=O)cc1. The van der Waals surface area contributed by atoms with Crippen molar-refractivity contribution in [3.63, 3.8) is 0 Å². The summed E-state index contributed by atoms with van der Waals surface area (Å²) in [6.07, 6.45) is 3.22. The van der Waals surface area contributed by atoms with Gasteiger partial charge < -0.3 is 15.4 Å². The van der Waals surface area contributed by atoms with Gasteiger partial charge in [-0.1, -0.05) is 12.8 Å². The van der Waals surface area contributed by atoms with E-state index in [4.69, 9.17) is 4.74 Å². The van der Waals surface area contributed by atoms with Gasteiger partial charge in [0, 0.05) is 24.3 Å². The number of benzene rings is 1. The summed E-state index contributed by atoms with van der Waals surface area (Å²) in [4.78, 5) is 49.5. The second-order valence-corrected chi connectivity index (χ2v) is 7.21. The van der Waals surface area contributed by atoms with Gasteiger partial charge in [-0.3, -0.25) is 19.8 Å². The van der Waals surface area contributed by atoms with E-state index >= 15 is 0 Å². The van der Waals surface area contributed by atoms with E-state index in [1.54, 1.807) is 31.2 Å². The summed E-state index contributed by atoms with van der Waals surface area (Å²) in [5, 5.41) is 8.17. The molecule has 1 heterocycles. The molecule has 29 heavy (non-hydrogen) atoms. The molecule has 156 valence electrons. The van der Waals surface area contributed by atoms with Crippen molar-refractivity contribution in [3.8, 4) is 0 Å². The van der Waals surface area contributed by atoms with Crippen LogP contribution in [-0.2, 0) is 9.53 Å². The minimum Gasteiger partial charge on any atom is -0.450 e. The third-order valence-electron chi connectivity index (χ3n) is 5.22. The van der Waals surface area contributed by atoms with Gasteiger partial charge in [0.15, 0.2) is 0 Å². The fourth-order valence-corrected chi connectivity index (χ4v) is 3.73. The third kappa shape index (κ3) is 4.67. The standard InChI is InChI=1S/C20H26N4O5/c1-2-29-19(28)22-15-8-6-14(7-9-15)16(25)21-12-5-13-24-17(26)20(23-18(24)27)10-3-4-11-20/h6-9H,2-5,10-13H2,1H3,(H,21,25)(H,22,28)(H,23,27). The van der Waals surface area contributed by atoms with Crippen LogP contribution in [0.2, 0.25) is 0 Å². The van der Waals surface area contributed by atoms with Crippen LogP contribution in [0.25, 0.3) is 0 Å². The van der Waals surface area contributed by atoms with Gasteiger partial charge in [-0.15, -0.1) is 0 Å². The summed E-state index contributed by atoms with van der Waals surface area (Å²) < 4.78 is 4.79. The Balaban J connectivity index is 1.42. The Labute approximate surface area is 169 Å². The van der Waals surface area contributed by atoms with E-state index < -0.39 is 11.6 Å². The minimum atomic E-state index is -0.695. The molecule has 2 aliphatic rings. The highest BCUT2D eigenvalue weighted by Gasteiger charge is 2.51. The van der Waals surface area contributed by atoms with Crippen LogP contribution in [0.5, 0.6) is 0 Å². The number of anilines is 1. The fourth-order valence-electron chi connectivity index (χ4n) is 3.73. The predicted molar refractivity (Wildman–Crippen MR) is 105 cm³/mol. The number of carbonyl (C=O) groups is 4. The smallest absolute Gasteiger partial charge is 0.411 e. The second kappa shape index (κ2) is 8.93. The lowest BCUT2D eigenvalue weighted by Gasteiger charge is -2.20. The number of urea groups is 1. The molecule has 1 saturated heterocycles. The number of nitrogens with zero attached hydrogens (tertiary/aromatic N) is 1. The van der Waals surface area contributed by atoms with E-state index in [0.29, 0.717) is 37.1 Å². The Hall–Kier alpha value is -3.10. The Morgan fingerprint density at radius 2 is 1.86 bits per heavy atom.